The van der Waals surface area contributed by atoms with Gasteiger partial charge in [0, 0.05) is 20.1 Å². The van der Waals surface area contributed by atoms with Crippen LogP contribution in [0, 0.1) is 12.7 Å². The maximum atomic E-state index is 13.2. The average molecular weight is 413 g/mol. The summed E-state index contributed by atoms with van der Waals surface area (Å²) in [5.41, 5.74) is 2.87. The van der Waals surface area contributed by atoms with Crippen molar-refractivity contribution in [2.75, 3.05) is 7.05 Å². The van der Waals surface area contributed by atoms with Crippen LogP contribution in [-0.4, -0.2) is 13.0 Å². The second-order valence-electron chi connectivity index (χ2n) is 4.85. The first-order valence-corrected chi connectivity index (χ1v) is 6.92. The number of aliphatic imine (C=N–C) groups is 1. The molecule has 2 aromatic rings. The number of nitrogens with one attached hydrogen (secondary N) is 2. The molecule has 2 N–H and O–H groups in total. The van der Waals surface area contributed by atoms with Gasteiger partial charge in [-0.3, -0.25) is 4.99 Å². The van der Waals surface area contributed by atoms with E-state index < -0.39 is 0 Å². The van der Waals surface area contributed by atoms with E-state index in [9.17, 15) is 4.39 Å². The van der Waals surface area contributed by atoms with E-state index in [0.29, 0.717) is 18.7 Å². The molecule has 0 aliphatic heterocycles. The fourth-order valence-corrected chi connectivity index (χ4v) is 2.00. The summed E-state index contributed by atoms with van der Waals surface area (Å²) >= 11 is 0. The van der Waals surface area contributed by atoms with Crippen molar-refractivity contribution in [1.82, 2.24) is 10.6 Å². The number of aryl methyl sites for hydroxylation is 1. The smallest absolute Gasteiger partial charge is 0.191 e. The van der Waals surface area contributed by atoms with Gasteiger partial charge >= 0.3 is 0 Å². The molecule has 3 nitrogen and oxygen atoms in total. The van der Waals surface area contributed by atoms with Crippen LogP contribution in [0.1, 0.15) is 16.7 Å². The third-order valence-corrected chi connectivity index (χ3v) is 3.21. The van der Waals surface area contributed by atoms with Gasteiger partial charge in [0.2, 0.25) is 0 Å². The molecule has 22 heavy (non-hydrogen) atoms. The van der Waals surface area contributed by atoms with Gasteiger partial charge in [-0.25, -0.2) is 4.39 Å². The van der Waals surface area contributed by atoms with Crippen LogP contribution in [0.25, 0.3) is 0 Å². The highest BCUT2D eigenvalue weighted by atomic mass is 127. The Morgan fingerprint density at radius 3 is 2.23 bits per heavy atom. The van der Waals surface area contributed by atoms with Crippen molar-refractivity contribution in [3.05, 3.63) is 71.0 Å². The molecule has 0 unspecified atom stereocenters. The molecular formula is C17H21FIN3. The van der Waals surface area contributed by atoms with Crippen LogP contribution in [0.4, 0.5) is 4.39 Å². The number of benzene rings is 2. The van der Waals surface area contributed by atoms with Crippen molar-refractivity contribution < 1.29 is 4.39 Å². The average Bonchev–Trinajstić information content (AvgIpc) is 2.52. The molecule has 0 radical (unpaired) electrons. The molecule has 0 bridgehead atoms. The molecule has 0 aromatic heterocycles. The highest BCUT2D eigenvalue weighted by Gasteiger charge is 2.01. The zero-order valence-corrected chi connectivity index (χ0v) is 15.1. The van der Waals surface area contributed by atoms with Crippen molar-refractivity contribution in [3.8, 4) is 0 Å². The number of halogens is 2. The van der Waals surface area contributed by atoms with Crippen molar-refractivity contribution >= 4 is 29.9 Å². The highest BCUT2D eigenvalue weighted by Crippen LogP contribution is 2.08. The van der Waals surface area contributed by atoms with Crippen molar-refractivity contribution in [1.29, 1.82) is 0 Å². The van der Waals surface area contributed by atoms with E-state index >= 15 is 0 Å². The van der Waals surface area contributed by atoms with Crippen molar-refractivity contribution in [2.45, 2.75) is 20.0 Å². The Labute approximate surface area is 148 Å². The molecule has 2 rings (SSSR count). The Bertz CT molecular complexity index is 615. The first kappa shape index (κ1) is 18.4. The van der Waals surface area contributed by atoms with E-state index in [0.717, 1.165) is 11.5 Å². The molecule has 5 heteroatoms. The summed E-state index contributed by atoms with van der Waals surface area (Å²) < 4.78 is 13.2. The molecule has 0 saturated heterocycles. The van der Waals surface area contributed by atoms with E-state index in [1.165, 1.54) is 11.6 Å². The lowest BCUT2D eigenvalue weighted by atomic mass is 10.1. The summed E-state index contributed by atoms with van der Waals surface area (Å²) in [6, 6.07) is 15.2. The van der Waals surface area contributed by atoms with Crippen LogP contribution < -0.4 is 10.6 Å². The Hall–Kier alpha value is -1.63. The van der Waals surface area contributed by atoms with Crippen LogP contribution in [0.15, 0.2) is 53.5 Å². The zero-order valence-electron chi connectivity index (χ0n) is 12.8. The van der Waals surface area contributed by atoms with E-state index in [2.05, 4.69) is 27.8 Å². The van der Waals surface area contributed by atoms with Gasteiger partial charge in [0.25, 0.3) is 0 Å². The Morgan fingerprint density at radius 2 is 1.64 bits per heavy atom. The van der Waals surface area contributed by atoms with E-state index in [-0.39, 0.29) is 29.8 Å². The van der Waals surface area contributed by atoms with Gasteiger partial charge in [-0.15, -0.1) is 24.0 Å². The third-order valence-electron chi connectivity index (χ3n) is 3.21. The van der Waals surface area contributed by atoms with Gasteiger partial charge < -0.3 is 10.6 Å². The molecule has 0 heterocycles. The Balaban J connectivity index is 0.00000242. The van der Waals surface area contributed by atoms with Crippen LogP contribution >= 0.6 is 24.0 Å². The standard InChI is InChI=1S/C17H20FN3.HI/c1-13-10-15(8-9-16(13)18)12-21-17(19-2)20-11-14-6-4-3-5-7-14;/h3-10H,11-12H2,1-2H3,(H2,19,20,21);1H. The summed E-state index contributed by atoms with van der Waals surface area (Å²) in [7, 11) is 1.73. The van der Waals surface area contributed by atoms with Gasteiger partial charge in [-0.2, -0.15) is 0 Å². The monoisotopic (exact) mass is 413 g/mol. The van der Waals surface area contributed by atoms with Crippen LogP contribution in [0.5, 0.6) is 0 Å². The van der Waals surface area contributed by atoms with Gasteiger partial charge in [0.05, 0.1) is 0 Å². The molecule has 0 fully saturated rings. The molecule has 0 spiro atoms. The van der Waals surface area contributed by atoms with Gasteiger partial charge in [-0.1, -0.05) is 42.5 Å². The maximum absolute atomic E-state index is 13.2. The fourth-order valence-electron chi connectivity index (χ4n) is 2.00. The lowest BCUT2D eigenvalue weighted by Gasteiger charge is -2.12. The van der Waals surface area contributed by atoms with Gasteiger partial charge in [0.15, 0.2) is 5.96 Å². The molecule has 0 aliphatic carbocycles. The Kier molecular flexibility index (Phi) is 7.87. The second kappa shape index (κ2) is 9.40. The number of hydrogen-bond acceptors (Lipinski definition) is 1. The number of nitrogens with zero attached hydrogens (tertiary/aromatic N) is 1. The number of rotatable bonds is 4. The van der Waals surface area contributed by atoms with Gasteiger partial charge in [0.1, 0.15) is 5.82 Å². The summed E-state index contributed by atoms with van der Waals surface area (Å²) in [5, 5.41) is 6.47. The largest absolute Gasteiger partial charge is 0.352 e. The minimum Gasteiger partial charge on any atom is -0.352 e. The SMILES string of the molecule is CN=C(NCc1ccccc1)NCc1ccc(F)c(C)c1.I. The molecule has 0 atom stereocenters. The summed E-state index contributed by atoms with van der Waals surface area (Å²) in [4.78, 5) is 4.18. The third kappa shape index (κ3) is 5.63. The molecule has 0 amide bonds. The minimum absolute atomic E-state index is 0. The minimum atomic E-state index is -0.176. The van der Waals surface area contributed by atoms with E-state index in [1.54, 1.807) is 20.0 Å². The highest BCUT2D eigenvalue weighted by molar-refractivity contribution is 14.0. The van der Waals surface area contributed by atoms with Crippen LogP contribution in [-0.2, 0) is 13.1 Å². The maximum Gasteiger partial charge on any atom is 0.191 e. The molecule has 0 aliphatic rings. The number of guanidine groups is 1. The topological polar surface area (TPSA) is 36.4 Å². The van der Waals surface area contributed by atoms with Gasteiger partial charge in [-0.05, 0) is 29.7 Å². The molecular weight excluding hydrogens is 392 g/mol. The number of hydrogen-bond donors (Lipinski definition) is 2. The fraction of sp³-hybridized carbons (Fsp3) is 0.235. The van der Waals surface area contributed by atoms with Crippen LogP contribution in [0.2, 0.25) is 0 Å². The second-order valence-corrected chi connectivity index (χ2v) is 4.85. The van der Waals surface area contributed by atoms with E-state index in [1.807, 2.05) is 24.3 Å². The first-order valence-electron chi connectivity index (χ1n) is 6.92. The molecule has 0 saturated carbocycles. The summed E-state index contributed by atoms with van der Waals surface area (Å²) in [6.45, 7) is 3.08. The lowest BCUT2D eigenvalue weighted by molar-refractivity contribution is 0.617. The summed E-state index contributed by atoms with van der Waals surface area (Å²) in [5.74, 6) is 0.547. The normalized spacial score (nSPS) is 10.8. The van der Waals surface area contributed by atoms with Crippen LogP contribution in [0.3, 0.4) is 0 Å². The lowest BCUT2D eigenvalue weighted by Crippen LogP contribution is -2.36. The molecule has 118 valence electrons. The predicted octanol–water partition coefficient (Wildman–Crippen LogP) is 3.62. The quantitative estimate of drug-likeness (QED) is 0.457. The summed E-state index contributed by atoms with van der Waals surface area (Å²) in [6.07, 6.45) is 0. The predicted molar refractivity (Wildman–Crippen MR) is 100 cm³/mol. The van der Waals surface area contributed by atoms with Crippen molar-refractivity contribution in [3.63, 3.8) is 0 Å². The Morgan fingerprint density at radius 1 is 1.00 bits per heavy atom. The zero-order chi connectivity index (χ0) is 15.1. The van der Waals surface area contributed by atoms with Crippen molar-refractivity contribution in [2.24, 2.45) is 4.99 Å². The van der Waals surface area contributed by atoms with E-state index in [4.69, 9.17) is 0 Å². The molecule has 2 aromatic carbocycles. The first-order chi connectivity index (χ1) is 10.2.